The van der Waals surface area contributed by atoms with Gasteiger partial charge in [0.05, 0.1) is 12.3 Å². The van der Waals surface area contributed by atoms with Gasteiger partial charge in [0.15, 0.2) is 0 Å². The van der Waals surface area contributed by atoms with E-state index in [0.717, 1.165) is 14.6 Å². The number of hydrogen-bond acceptors (Lipinski definition) is 3. The molecule has 0 bridgehead atoms. The van der Waals surface area contributed by atoms with Crippen molar-refractivity contribution >= 4 is 43.4 Å². The van der Waals surface area contributed by atoms with Gasteiger partial charge in [-0.1, -0.05) is 26.8 Å². The fourth-order valence-electron chi connectivity index (χ4n) is 1.88. The summed E-state index contributed by atoms with van der Waals surface area (Å²) < 4.78 is 13.4. The molecule has 104 valence electrons. The van der Waals surface area contributed by atoms with Gasteiger partial charge in [0.25, 0.3) is 0 Å². The van der Waals surface area contributed by atoms with E-state index in [9.17, 15) is 0 Å². The topological polar surface area (TPSA) is 30.8 Å². The third kappa shape index (κ3) is 3.58. The molecule has 1 unspecified atom stereocenters. The molecular weight excluding hydrogens is 374 g/mol. The second-order valence-electron chi connectivity index (χ2n) is 5.49. The lowest BCUT2D eigenvalue weighted by molar-refractivity contribution is -0.0340. The Kier molecular flexibility index (Phi) is 4.69. The van der Waals surface area contributed by atoms with Gasteiger partial charge in [-0.2, -0.15) is 0 Å². The number of benzene rings is 1. The van der Waals surface area contributed by atoms with E-state index in [4.69, 9.17) is 9.47 Å². The summed E-state index contributed by atoms with van der Waals surface area (Å²) in [5, 5.41) is 0. The van der Waals surface area contributed by atoms with Crippen LogP contribution < -0.4 is 0 Å². The van der Waals surface area contributed by atoms with Crippen molar-refractivity contribution in [2.75, 3.05) is 13.2 Å². The van der Waals surface area contributed by atoms with Gasteiger partial charge in [0.1, 0.15) is 12.7 Å². The van der Waals surface area contributed by atoms with Crippen LogP contribution in [-0.2, 0) is 9.47 Å². The van der Waals surface area contributed by atoms with Crippen LogP contribution in [0.2, 0.25) is 0 Å². The van der Waals surface area contributed by atoms with Gasteiger partial charge in [-0.05, 0) is 49.4 Å². The van der Waals surface area contributed by atoms with Crippen molar-refractivity contribution < 1.29 is 9.47 Å². The van der Waals surface area contributed by atoms with Gasteiger partial charge < -0.3 is 9.47 Å². The maximum absolute atomic E-state index is 5.82. The van der Waals surface area contributed by atoms with Crippen LogP contribution in [0.15, 0.2) is 32.1 Å². The van der Waals surface area contributed by atoms with Crippen LogP contribution in [-0.4, -0.2) is 25.2 Å². The third-order valence-corrected chi connectivity index (χ3v) is 4.07. The van der Waals surface area contributed by atoms with Crippen LogP contribution in [0.3, 0.4) is 0 Å². The Hall–Kier alpha value is -0.390. The fraction of sp³-hybridized carbons (Fsp3) is 0.500. The molecule has 2 rings (SSSR count). The zero-order chi connectivity index (χ0) is 14.0. The number of ether oxygens (including phenoxy) is 2. The number of hydrogen-bond donors (Lipinski definition) is 0. The average Bonchev–Trinajstić information content (AvgIpc) is 2.33. The maximum atomic E-state index is 5.82. The van der Waals surface area contributed by atoms with E-state index < -0.39 is 0 Å². The lowest BCUT2D eigenvalue weighted by Crippen LogP contribution is -2.43. The Bertz CT molecular complexity index is 474. The zero-order valence-electron chi connectivity index (χ0n) is 11.2. The average molecular weight is 391 g/mol. The summed E-state index contributed by atoms with van der Waals surface area (Å²) in [6.45, 7) is 7.52. The first-order valence-electron chi connectivity index (χ1n) is 6.16. The van der Waals surface area contributed by atoms with E-state index in [-0.39, 0.29) is 11.5 Å². The van der Waals surface area contributed by atoms with Crippen LogP contribution in [0.1, 0.15) is 20.8 Å². The largest absolute Gasteiger partial charge is 0.476 e. The van der Waals surface area contributed by atoms with E-state index in [1.54, 1.807) is 0 Å². The normalized spacial score (nSPS) is 22.4. The van der Waals surface area contributed by atoms with Gasteiger partial charge in [-0.15, -0.1) is 0 Å². The number of halogens is 2. The summed E-state index contributed by atoms with van der Waals surface area (Å²) in [5.41, 5.74) is 0.782. The lowest BCUT2D eigenvalue weighted by atomic mass is 9.88. The molecule has 0 saturated carbocycles. The Morgan fingerprint density at radius 3 is 2.37 bits per heavy atom. The van der Waals surface area contributed by atoms with Gasteiger partial charge >= 0.3 is 0 Å². The van der Waals surface area contributed by atoms with Crippen LogP contribution in [0.25, 0.3) is 0 Å². The molecule has 1 saturated heterocycles. The van der Waals surface area contributed by atoms with Gasteiger partial charge in [0, 0.05) is 8.95 Å². The number of nitrogens with zero attached hydrogens (tertiary/aromatic N) is 1. The minimum absolute atomic E-state index is 0.0486. The van der Waals surface area contributed by atoms with Crippen molar-refractivity contribution in [2.45, 2.75) is 26.9 Å². The summed E-state index contributed by atoms with van der Waals surface area (Å²) >= 11 is 7.02. The molecule has 1 fully saturated rings. The molecule has 1 aromatic carbocycles. The quantitative estimate of drug-likeness (QED) is 0.695. The molecule has 1 aromatic rings. The highest BCUT2D eigenvalue weighted by Gasteiger charge is 2.34. The van der Waals surface area contributed by atoms with E-state index in [0.29, 0.717) is 19.1 Å². The fourth-order valence-corrected chi connectivity index (χ4v) is 3.05. The molecule has 1 heterocycles. The van der Waals surface area contributed by atoms with Crippen molar-refractivity contribution in [1.82, 2.24) is 0 Å². The number of para-hydroxylation sites is 1. The maximum Gasteiger partial charge on any atom is 0.219 e. The third-order valence-electron chi connectivity index (χ3n) is 2.79. The summed E-state index contributed by atoms with van der Waals surface area (Å²) in [6.07, 6.45) is -0.125. The van der Waals surface area contributed by atoms with Crippen molar-refractivity contribution in [2.24, 2.45) is 10.4 Å². The minimum atomic E-state index is -0.125. The lowest BCUT2D eigenvalue weighted by Gasteiger charge is -2.34. The summed E-state index contributed by atoms with van der Waals surface area (Å²) in [6, 6.07) is 5.87. The molecule has 0 aromatic heterocycles. The molecule has 1 aliphatic heterocycles. The molecule has 0 amide bonds. The van der Waals surface area contributed by atoms with Crippen LogP contribution >= 0.6 is 31.9 Å². The Balaban J connectivity index is 2.40. The molecule has 0 N–H and O–H groups in total. The number of rotatable bonds is 1. The molecule has 1 aliphatic rings. The van der Waals surface area contributed by atoms with E-state index in [1.165, 1.54) is 0 Å². The molecule has 1 atom stereocenters. The minimum Gasteiger partial charge on any atom is -0.476 e. The first-order chi connectivity index (χ1) is 8.89. The highest BCUT2D eigenvalue weighted by molar-refractivity contribution is 9.11. The molecule has 0 aliphatic carbocycles. The van der Waals surface area contributed by atoms with Crippen molar-refractivity contribution in [3.63, 3.8) is 0 Å². The SMILES string of the molecule is CC(C)(C)C1OCCOC1=Nc1c(Br)cccc1Br. The molecule has 0 spiro atoms. The second kappa shape index (κ2) is 5.94. The highest BCUT2D eigenvalue weighted by atomic mass is 79.9. The van der Waals surface area contributed by atoms with Crippen molar-refractivity contribution in [3.05, 3.63) is 27.1 Å². The van der Waals surface area contributed by atoms with Crippen molar-refractivity contribution in [1.29, 1.82) is 0 Å². The smallest absolute Gasteiger partial charge is 0.219 e. The van der Waals surface area contributed by atoms with Gasteiger partial charge in [-0.25, -0.2) is 4.99 Å². The summed E-state index contributed by atoms with van der Waals surface area (Å²) in [4.78, 5) is 4.64. The van der Waals surface area contributed by atoms with E-state index >= 15 is 0 Å². The van der Waals surface area contributed by atoms with Gasteiger partial charge in [0.2, 0.25) is 5.90 Å². The summed E-state index contributed by atoms with van der Waals surface area (Å²) in [7, 11) is 0. The molecule has 5 heteroatoms. The zero-order valence-corrected chi connectivity index (χ0v) is 14.4. The van der Waals surface area contributed by atoms with E-state index in [2.05, 4.69) is 57.6 Å². The van der Waals surface area contributed by atoms with E-state index in [1.807, 2.05) is 18.2 Å². The predicted octanol–water partition coefficient (Wildman–Crippen LogP) is 4.70. The van der Waals surface area contributed by atoms with Crippen LogP contribution in [0, 0.1) is 5.41 Å². The Morgan fingerprint density at radius 2 is 1.79 bits per heavy atom. The molecule has 19 heavy (non-hydrogen) atoms. The molecular formula is C14H17Br2NO2. The van der Waals surface area contributed by atoms with Gasteiger partial charge in [-0.3, -0.25) is 0 Å². The first kappa shape index (κ1) is 15.0. The molecule has 0 radical (unpaired) electrons. The standard InChI is InChI=1S/C14H17Br2NO2/c1-14(2,3)12-13(19-8-7-18-12)17-11-9(15)5-4-6-10(11)16/h4-6,12H,7-8H2,1-3H3. The Labute approximate surface area is 130 Å². The predicted molar refractivity (Wildman–Crippen MR) is 84.1 cm³/mol. The van der Waals surface area contributed by atoms with Crippen LogP contribution in [0.4, 0.5) is 5.69 Å². The van der Waals surface area contributed by atoms with Crippen molar-refractivity contribution in [3.8, 4) is 0 Å². The molecule has 3 nitrogen and oxygen atoms in total. The first-order valence-corrected chi connectivity index (χ1v) is 7.75. The second-order valence-corrected chi connectivity index (χ2v) is 7.19. The van der Waals surface area contributed by atoms with Crippen LogP contribution in [0.5, 0.6) is 0 Å². The highest BCUT2D eigenvalue weighted by Crippen LogP contribution is 2.35. The Morgan fingerprint density at radius 1 is 1.16 bits per heavy atom. The monoisotopic (exact) mass is 389 g/mol. The number of aliphatic imine (C=N–C) groups is 1. The summed E-state index contributed by atoms with van der Waals surface area (Å²) in [5.74, 6) is 0.645.